The summed E-state index contributed by atoms with van der Waals surface area (Å²) in [6.45, 7) is 0. The Hall–Kier alpha value is -1.21. The van der Waals surface area contributed by atoms with E-state index in [9.17, 15) is 18.7 Å². The number of ketones is 2. The smallest absolute Gasteiger partial charge is 0.324 e. The van der Waals surface area contributed by atoms with Gasteiger partial charge in [0.25, 0.3) is 0 Å². The van der Waals surface area contributed by atoms with Crippen molar-refractivity contribution in [2.45, 2.75) is 11.8 Å². The first-order valence-electron chi connectivity index (χ1n) is 5.11. The lowest BCUT2D eigenvalue weighted by Crippen LogP contribution is -2.21. The van der Waals surface area contributed by atoms with Crippen molar-refractivity contribution in [3.8, 4) is 0 Å². The monoisotopic (exact) mass is 323 g/mol. The van der Waals surface area contributed by atoms with E-state index in [0.717, 1.165) is 0 Å². The second-order valence-electron chi connectivity index (χ2n) is 3.85. The van der Waals surface area contributed by atoms with Gasteiger partial charge in [-0.3, -0.25) is 23.7 Å². The minimum absolute atomic E-state index is 0.0832. The van der Waals surface area contributed by atoms with E-state index in [4.69, 9.17) is 19.6 Å². The van der Waals surface area contributed by atoms with Crippen molar-refractivity contribution in [1.82, 2.24) is 4.98 Å². The van der Waals surface area contributed by atoms with Gasteiger partial charge in [0, 0.05) is 24.4 Å². The second kappa shape index (κ2) is 6.05. The molecule has 0 saturated heterocycles. The summed E-state index contributed by atoms with van der Waals surface area (Å²) < 4.78 is 22.0. The van der Waals surface area contributed by atoms with Crippen LogP contribution in [0.4, 0.5) is 0 Å². The Labute approximate surface area is 113 Å². The van der Waals surface area contributed by atoms with Gasteiger partial charge in [0.1, 0.15) is 0 Å². The molecule has 1 aromatic heterocycles. The molecule has 1 rings (SSSR count). The molecule has 20 heavy (non-hydrogen) atoms. The molecule has 0 fully saturated rings. The molecule has 0 aliphatic carbocycles. The van der Waals surface area contributed by atoms with Crippen molar-refractivity contribution >= 4 is 26.8 Å². The molecule has 1 aromatic rings. The van der Waals surface area contributed by atoms with Crippen molar-refractivity contribution in [2.24, 2.45) is 0 Å². The Morgan fingerprint density at radius 2 is 1.50 bits per heavy atom. The SMILES string of the molecule is O=C(CC(P(=O)(O)O)P(=O)(O)O)C(=O)c1ccncc1. The van der Waals surface area contributed by atoms with E-state index in [2.05, 4.69) is 4.98 Å². The summed E-state index contributed by atoms with van der Waals surface area (Å²) in [6, 6.07) is 2.40. The number of Topliss-reactive ketones (excluding diaryl/α,β-unsaturated/α-hetero) is 2. The van der Waals surface area contributed by atoms with Gasteiger partial charge in [0.15, 0.2) is 5.40 Å². The number of hydrogen-bond acceptors (Lipinski definition) is 5. The van der Waals surface area contributed by atoms with Crippen LogP contribution in [-0.4, -0.2) is 41.5 Å². The zero-order valence-electron chi connectivity index (χ0n) is 9.86. The molecule has 0 aliphatic rings. The normalized spacial score (nSPS) is 12.4. The van der Waals surface area contributed by atoms with Gasteiger partial charge in [0.2, 0.25) is 11.6 Å². The average molecular weight is 323 g/mol. The van der Waals surface area contributed by atoms with E-state index in [1.807, 2.05) is 0 Å². The molecule has 0 atom stereocenters. The van der Waals surface area contributed by atoms with Crippen LogP contribution in [0.5, 0.6) is 0 Å². The number of aromatic nitrogens is 1. The Morgan fingerprint density at radius 1 is 1.05 bits per heavy atom. The molecule has 11 heteroatoms. The molecule has 0 unspecified atom stereocenters. The standard InChI is InChI=1S/C9H11NO8P2/c11-7(9(12)6-1-3-10-4-2-6)5-8(19(13,14)15)20(16,17)18/h1-4,8H,5H2,(H2,13,14,15)(H2,16,17,18). The third-order valence-corrected chi connectivity index (χ3v) is 6.06. The fourth-order valence-electron chi connectivity index (χ4n) is 1.36. The molecule has 4 N–H and O–H groups in total. The van der Waals surface area contributed by atoms with E-state index < -0.39 is 38.6 Å². The van der Waals surface area contributed by atoms with Crippen molar-refractivity contribution in [1.29, 1.82) is 0 Å². The Balaban J connectivity index is 2.97. The maximum absolute atomic E-state index is 11.7. The summed E-state index contributed by atoms with van der Waals surface area (Å²) in [7, 11) is -10.5. The highest BCUT2D eigenvalue weighted by molar-refractivity contribution is 7.70. The zero-order valence-corrected chi connectivity index (χ0v) is 11.6. The first-order valence-corrected chi connectivity index (χ1v) is 8.48. The summed E-state index contributed by atoms with van der Waals surface area (Å²) >= 11 is 0. The fourth-order valence-corrected chi connectivity index (χ4v) is 3.73. The van der Waals surface area contributed by atoms with Gasteiger partial charge in [-0.15, -0.1) is 0 Å². The summed E-state index contributed by atoms with van der Waals surface area (Å²) in [4.78, 5) is 62.3. The molecule has 0 radical (unpaired) electrons. The quantitative estimate of drug-likeness (QED) is 0.318. The Kier molecular flexibility index (Phi) is 5.10. The number of nitrogens with zero attached hydrogens (tertiary/aromatic N) is 1. The predicted octanol–water partition coefficient (Wildman–Crippen LogP) is -0.0950. The highest BCUT2D eigenvalue weighted by Gasteiger charge is 2.45. The molecule has 9 nitrogen and oxygen atoms in total. The fraction of sp³-hybridized carbons (Fsp3) is 0.222. The molecular formula is C9H11NO8P2. The van der Waals surface area contributed by atoms with Gasteiger partial charge in [0.05, 0.1) is 0 Å². The Bertz CT molecular complexity index is 582. The summed E-state index contributed by atoms with van der Waals surface area (Å²) in [5, 5.41) is -2.52. The van der Waals surface area contributed by atoms with Crippen molar-refractivity contribution < 1.29 is 38.3 Å². The van der Waals surface area contributed by atoms with Crippen LogP contribution in [0.1, 0.15) is 16.8 Å². The summed E-state index contributed by atoms with van der Waals surface area (Å²) in [5.74, 6) is -2.40. The minimum atomic E-state index is -5.23. The molecule has 0 saturated carbocycles. The molecule has 0 bridgehead atoms. The van der Waals surface area contributed by atoms with Gasteiger partial charge in [-0.25, -0.2) is 0 Å². The molecule has 110 valence electrons. The predicted molar refractivity (Wildman–Crippen MR) is 66.1 cm³/mol. The van der Waals surface area contributed by atoms with Gasteiger partial charge >= 0.3 is 15.2 Å². The lowest BCUT2D eigenvalue weighted by atomic mass is 10.1. The van der Waals surface area contributed by atoms with E-state index >= 15 is 0 Å². The maximum atomic E-state index is 11.7. The van der Waals surface area contributed by atoms with Crippen LogP contribution in [0.3, 0.4) is 0 Å². The first kappa shape index (κ1) is 16.8. The average Bonchev–Trinajstić information content (AvgIpc) is 2.33. The maximum Gasteiger partial charge on any atom is 0.341 e. The van der Waals surface area contributed by atoms with Crippen LogP contribution in [0.25, 0.3) is 0 Å². The van der Waals surface area contributed by atoms with Crippen LogP contribution in [0.2, 0.25) is 0 Å². The second-order valence-corrected chi connectivity index (χ2v) is 7.86. The molecule has 0 aromatic carbocycles. The molecule has 0 amide bonds. The highest BCUT2D eigenvalue weighted by Crippen LogP contribution is 2.61. The lowest BCUT2D eigenvalue weighted by Gasteiger charge is -2.18. The van der Waals surface area contributed by atoms with Gasteiger partial charge in [-0.05, 0) is 12.1 Å². The summed E-state index contributed by atoms with van der Waals surface area (Å²) in [5.41, 5.74) is -0.0832. The van der Waals surface area contributed by atoms with Crippen LogP contribution in [0, 0.1) is 0 Å². The van der Waals surface area contributed by atoms with Crippen LogP contribution >= 0.6 is 15.2 Å². The third kappa shape index (κ3) is 4.42. The molecule has 0 spiro atoms. The van der Waals surface area contributed by atoms with Gasteiger partial charge in [-0.1, -0.05) is 0 Å². The van der Waals surface area contributed by atoms with E-state index in [-0.39, 0.29) is 5.56 Å². The van der Waals surface area contributed by atoms with Gasteiger partial charge < -0.3 is 19.6 Å². The zero-order chi connectivity index (χ0) is 15.6. The van der Waals surface area contributed by atoms with E-state index in [1.165, 1.54) is 24.5 Å². The number of carbonyl (C=O) groups is 2. The lowest BCUT2D eigenvalue weighted by molar-refractivity contribution is -0.115. The topological polar surface area (TPSA) is 162 Å². The number of hydrogen-bond donors (Lipinski definition) is 4. The van der Waals surface area contributed by atoms with Crippen molar-refractivity contribution in [2.75, 3.05) is 0 Å². The van der Waals surface area contributed by atoms with Crippen molar-refractivity contribution in [3.05, 3.63) is 30.1 Å². The van der Waals surface area contributed by atoms with Gasteiger partial charge in [-0.2, -0.15) is 0 Å². The van der Waals surface area contributed by atoms with E-state index in [0.29, 0.717) is 0 Å². The van der Waals surface area contributed by atoms with Crippen molar-refractivity contribution in [3.63, 3.8) is 0 Å². The molecular weight excluding hydrogens is 312 g/mol. The van der Waals surface area contributed by atoms with E-state index in [1.54, 1.807) is 0 Å². The van der Waals surface area contributed by atoms with Crippen LogP contribution < -0.4 is 0 Å². The largest absolute Gasteiger partial charge is 0.341 e. The van der Waals surface area contributed by atoms with Crippen LogP contribution in [-0.2, 0) is 13.9 Å². The minimum Gasteiger partial charge on any atom is -0.324 e. The number of rotatable bonds is 6. The molecule has 0 aliphatic heterocycles. The highest BCUT2D eigenvalue weighted by atomic mass is 31.2. The first-order chi connectivity index (χ1) is 9.03. The molecule has 1 heterocycles. The third-order valence-electron chi connectivity index (χ3n) is 2.34. The number of carbonyl (C=O) groups excluding carboxylic acids is 2. The number of pyridine rings is 1. The Morgan fingerprint density at radius 3 is 1.90 bits per heavy atom. The van der Waals surface area contributed by atoms with Crippen LogP contribution in [0.15, 0.2) is 24.5 Å². The summed E-state index contributed by atoms with van der Waals surface area (Å²) in [6.07, 6.45) is 1.21.